The van der Waals surface area contributed by atoms with Crippen LogP contribution in [0.3, 0.4) is 0 Å². The van der Waals surface area contributed by atoms with Crippen molar-refractivity contribution in [3.8, 4) is 11.4 Å². The third kappa shape index (κ3) is 3.68. The summed E-state index contributed by atoms with van der Waals surface area (Å²) >= 11 is 0. The largest absolute Gasteiger partial charge is 0.495 e. The van der Waals surface area contributed by atoms with E-state index in [0.29, 0.717) is 5.75 Å². The van der Waals surface area contributed by atoms with Gasteiger partial charge >= 0.3 is 0 Å². The van der Waals surface area contributed by atoms with Gasteiger partial charge in [-0.3, -0.25) is 0 Å². The van der Waals surface area contributed by atoms with Crippen molar-refractivity contribution < 1.29 is 13.2 Å². The molecule has 0 aliphatic carbocycles. The normalized spacial score (nSPS) is 11.8. The Bertz CT molecular complexity index is 1090. The van der Waals surface area contributed by atoms with Crippen molar-refractivity contribution in [1.82, 2.24) is 14.1 Å². The molecule has 28 heavy (non-hydrogen) atoms. The van der Waals surface area contributed by atoms with Gasteiger partial charge in [-0.2, -0.15) is 9.40 Å². The van der Waals surface area contributed by atoms with E-state index in [-0.39, 0.29) is 11.4 Å². The summed E-state index contributed by atoms with van der Waals surface area (Å²) in [6, 6.07) is 14.9. The maximum Gasteiger partial charge on any atom is 0.246 e. The number of rotatable bonds is 6. The Morgan fingerprint density at radius 2 is 1.75 bits per heavy atom. The molecular formula is C21H25N3O3S. The van der Waals surface area contributed by atoms with Crippen molar-refractivity contribution in [3.63, 3.8) is 0 Å². The van der Waals surface area contributed by atoms with E-state index in [1.54, 1.807) is 19.2 Å². The van der Waals surface area contributed by atoms with Gasteiger partial charge < -0.3 is 4.74 Å². The highest BCUT2D eigenvalue weighted by Crippen LogP contribution is 2.29. The average molecular weight is 400 g/mol. The molecule has 7 heteroatoms. The van der Waals surface area contributed by atoms with Crippen LogP contribution in [0.5, 0.6) is 5.75 Å². The molecule has 0 saturated heterocycles. The summed E-state index contributed by atoms with van der Waals surface area (Å²) in [6.45, 7) is 5.94. The lowest BCUT2D eigenvalue weighted by Gasteiger charge is -2.19. The second-order valence-corrected chi connectivity index (χ2v) is 8.83. The van der Waals surface area contributed by atoms with Gasteiger partial charge in [-0.25, -0.2) is 13.1 Å². The Balaban J connectivity index is 1.97. The van der Waals surface area contributed by atoms with Gasteiger partial charge in [0.05, 0.1) is 18.5 Å². The van der Waals surface area contributed by atoms with E-state index < -0.39 is 10.0 Å². The van der Waals surface area contributed by atoms with Crippen LogP contribution in [0.4, 0.5) is 0 Å². The standard InChI is InChI=1S/C21H25N3O3S/c1-15-11-12-20(27-5)21(13-15)28(25,26)23(4)14-19-16(2)22-24(17(19)3)18-9-7-6-8-10-18/h6-13H,14H2,1-5H3. The van der Waals surface area contributed by atoms with Crippen LogP contribution in [0.25, 0.3) is 5.69 Å². The van der Waals surface area contributed by atoms with Gasteiger partial charge in [0, 0.05) is 24.8 Å². The summed E-state index contributed by atoms with van der Waals surface area (Å²) in [4.78, 5) is 0.170. The van der Waals surface area contributed by atoms with Crippen molar-refractivity contribution in [2.45, 2.75) is 32.2 Å². The first-order valence-corrected chi connectivity index (χ1v) is 10.4. The number of hydrogen-bond donors (Lipinski definition) is 0. The van der Waals surface area contributed by atoms with Gasteiger partial charge in [-0.15, -0.1) is 0 Å². The fraction of sp³-hybridized carbons (Fsp3) is 0.286. The minimum absolute atomic E-state index is 0.170. The summed E-state index contributed by atoms with van der Waals surface area (Å²) in [5, 5.41) is 4.61. The van der Waals surface area contributed by atoms with Crippen LogP contribution in [0.2, 0.25) is 0 Å². The molecule has 0 spiro atoms. The van der Waals surface area contributed by atoms with E-state index in [4.69, 9.17) is 4.74 Å². The van der Waals surface area contributed by atoms with Gasteiger partial charge in [0.25, 0.3) is 0 Å². The number of aryl methyl sites for hydroxylation is 2. The van der Waals surface area contributed by atoms with Crippen LogP contribution < -0.4 is 4.74 Å². The molecule has 0 radical (unpaired) electrons. The number of aromatic nitrogens is 2. The first-order chi connectivity index (χ1) is 13.3. The van der Waals surface area contributed by atoms with Crippen LogP contribution in [0, 0.1) is 20.8 Å². The number of benzene rings is 2. The number of ether oxygens (including phenoxy) is 1. The molecule has 0 aliphatic rings. The third-order valence-corrected chi connectivity index (χ3v) is 6.65. The molecule has 148 valence electrons. The summed E-state index contributed by atoms with van der Waals surface area (Å²) < 4.78 is 34.8. The minimum Gasteiger partial charge on any atom is -0.495 e. The zero-order valence-electron chi connectivity index (χ0n) is 16.8. The van der Waals surface area contributed by atoms with Gasteiger partial charge in [0.15, 0.2) is 0 Å². The molecule has 2 aromatic carbocycles. The molecule has 0 bridgehead atoms. The fourth-order valence-electron chi connectivity index (χ4n) is 3.19. The third-order valence-electron chi connectivity index (χ3n) is 4.83. The Hall–Kier alpha value is -2.64. The van der Waals surface area contributed by atoms with E-state index >= 15 is 0 Å². The maximum atomic E-state index is 13.2. The predicted octanol–water partition coefficient (Wildman–Crippen LogP) is 3.63. The molecule has 0 unspecified atom stereocenters. The highest BCUT2D eigenvalue weighted by Gasteiger charge is 2.27. The van der Waals surface area contributed by atoms with Crippen LogP contribution in [0.1, 0.15) is 22.5 Å². The highest BCUT2D eigenvalue weighted by molar-refractivity contribution is 7.89. The second-order valence-electron chi connectivity index (χ2n) is 6.81. The second kappa shape index (κ2) is 7.77. The van der Waals surface area contributed by atoms with E-state index in [1.807, 2.05) is 61.9 Å². The Labute approximate surface area is 166 Å². The minimum atomic E-state index is -3.72. The fourth-order valence-corrected chi connectivity index (χ4v) is 4.56. The van der Waals surface area contributed by atoms with Crippen LogP contribution in [-0.4, -0.2) is 36.7 Å². The van der Waals surface area contributed by atoms with Crippen molar-refractivity contribution in [3.05, 3.63) is 71.0 Å². The van der Waals surface area contributed by atoms with Crippen LogP contribution in [0.15, 0.2) is 53.4 Å². The van der Waals surface area contributed by atoms with E-state index in [9.17, 15) is 8.42 Å². The van der Waals surface area contributed by atoms with Crippen LogP contribution >= 0.6 is 0 Å². The molecular weight excluding hydrogens is 374 g/mol. The van der Waals surface area contributed by atoms with E-state index in [0.717, 1.165) is 28.2 Å². The molecule has 6 nitrogen and oxygen atoms in total. The lowest BCUT2D eigenvalue weighted by molar-refractivity contribution is 0.397. The van der Waals surface area contributed by atoms with Gasteiger partial charge in [-0.1, -0.05) is 24.3 Å². The number of methoxy groups -OCH3 is 1. The molecule has 3 aromatic rings. The summed E-state index contributed by atoms with van der Waals surface area (Å²) in [6.07, 6.45) is 0. The lowest BCUT2D eigenvalue weighted by Crippen LogP contribution is -2.27. The first-order valence-electron chi connectivity index (χ1n) is 8.97. The molecule has 0 aliphatic heterocycles. The predicted molar refractivity (Wildman–Crippen MR) is 109 cm³/mol. The quantitative estimate of drug-likeness (QED) is 0.635. The van der Waals surface area contributed by atoms with E-state index in [1.165, 1.54) is 11.4 Å². The van der Waals surface area contributed by atoms with Crippen LogP contribution in [-0.2, 0) is 16.6 Å². The summed E-state index contributed by atoms with van der Waals surface area (Å²) in [7, 11) is -0.667. The number of nitrogens with zero attached hydrogens (tertiary/aromatic N) is 3. The Morgan fingerprint density at radius 3 is 2.39 bits per heavy atom. The lowest BCUT2D eigenvalue weighted by atomic mass is 10.2. The average Bonchev–Trinajstić information content (AvgIpc) is 2.96. The van der Waals surface area contributed by atoms with Gasteiger partial charge in [0.2, 0.25) is 10.0 Å². The Kier molecular flexibility index (Phi) is 5.58. The molecule has 0 N–H and O–H groups in total. The van der Waals surface area contributed by atoms with Crippen molar-refractivity contribution in [1.29, 1.82) is 0 Å². The molecule has 1 heterocycles. The zero-order chi connectivity index (χ0) is 20.5. The summed E-state index contributed by atoms with van der Waals surface area (Å²) in [5.74, 6) is 0.339. The number of hydrogen-bond acceptors (Lipinski definition) is 4. The topological polar surface area (TPSA) is 64.4 Å². The molecule has 0 atom stereocenters. The molecule has 0 amide bonds. The zero-order valence-corrected chi connectivity index (χ0v) is 17.6. The SMILES string of the molecule is COc1ccc(C)cc1S(=O)(=O)N(C)Cc1c(C)nn(-c2ccccc2)c1C. The molecule has 1 aromatic heterocycles. The molecule has 0 saturated carbocycles. The van der Waals surface area contributed by atoms with Crippen molar-refractivity contribution in [2.24, 2.45) is 0 Å². The highest BCUT2D eigenvalue weighted by atomic mass is 32.2. The molecule has 3 rings (SSSR count). The first kappa shape index (κ1) is 20.1. The maximum absolute atomic E-state index is 13.2. The monoisotopic (exact) mass is 399 g/mol. The number of para-hydroxylation sites is 1. The Morgan fingerprint density at radius 1 is 1.07 bits per heavy atom. The smallest absolute Gasteiger partial charge is 0.246 e. The molecule has 0 fully saturated rings. The number of sulfonamides is 1. The summed E-state index contributed by atoms with van der Waals surface area (Å²) in [5.41, 5.74) is 4.42. The van der Waals surface area contributed by atoms with Crippen molar-refractivity contribution >= 4 is 10.0 Å². The van der Waals surface area contributed by atoms with Gasteiger partial charge in [0.1, 0.15) is 10.6 Å². The van der Waals surface area contributed by atoms with E-state index in [2.05, 4.69) is 5.10 Å². The van der Waals surface area contributed by atoms with Gasteiger partial charge in [-0.05, 0) is 50.6 Å². The van der Waals surface area contributed by atoms with Crippen molar-refractivity contribution in [2.75, 3.05) is 14.2 Å².